The largest absolute Gasteiger partial charge is 0.447 e. The summed E-state index contributed by atoms with van der Waals surface area (Å²) >= 11 is 0. The van der Waals surface area contributed by atoms with Gasteiger partial charge in [-0.15, -0.1) is 0 Å². The molecule has 0 bridgehead atoms. The number of hydrogen-bond acceptors (Lipinski definition) is 4. The van der Waals surface area contributed by atoms with Crippen LogP contribution < -0.4 is 0 Å². The second kappa shape index (κ2) is 10.2. The molecule has 6 nitrogen and oxygen atoms in total. The predicted molar refractivity (Wildman–Crippen MR) is 133 cm³/mol. The fourth-order valence-electron chi connectivity index (χ4n) is 5.01. The van der Waals surface area contributed by atoms with Gasteiger partial charge in [0.25, 0.3) is 0 Å². The van der Waals surface area contributed by atoms with E-state index in [2.05, 4.69) is 31.2 Å². The molecular weight excluding hydrogens is 440 g/mol. The van der Waals surface area contributed by atoms with Crippen LogP contribution in [0.1, 0.15) is 35.1 Å². The number of benzene rings is 3. The fraction of sp³-hybridized carbons (Fsp3) is 0.310. The topological polar surface area (TPSA) is 59.1 Å². The molecule has 5 rings (SSSR count). The van der Waals surface area contributed by atoms with Gasteiger partial charge < -0.3 is 9.47 Å². The van der Waals surface area contributed by atoms with Crippen molar-refractivity contribution in [2.24, 2.45) is 0 Å². The van der Waals surface area contributed by atoms with Crippen molar-refractivity contribution in [2.75, 3.05) is 13.2 Å². The Bertz CT molecular complexity index is 1170. The first-order chi connectivity index (χ1) is 17.1. The van der Waals surface area contributed by atoms with Gasteiger partial charge >= 0.3 is 12.2 Å². The molecule has 180 valence electrons. The number of ether oxygens (including phenoxy) is 2. The van der Waals surface area contributed by atoms with Gasteiger partial charge in [0.2, 0.25) is 0 Å². The van der Waals surface area contributed by atoms with Crippen LogP contribution in [-0.4, -0.2) is 47.3 Å². The van der Waals surface area contributed by atoms with Crippen LogP contribution in [0.15, 0.2) is 84.9 Å². The molecule has 0 radical (unpaired) electrons. The summed E-state index contributed by atoms with van der Waals surface area (Å²) in [6.07, 6.45) is 0.149. The Morgan fingerprint density at radius 1 is 0.743 bits per heavy atom. The molecule has 0 aliphatic carbocycles. The van der Waals surface area contributed by atoms with E-state index in [-0.39, 0.29) is 30.2 Å². The molecule has 2 fully saturated rings. The number of carbonyl (C=O) groups is 2. The van der Waals surface area contributed by atoms with Crippen LogP contribution in [0.4, 0.5) is 9.59 Å². The van der Waals surface area contributed by atoms with Crippen molar-refractivity contribution in [1.82, 2.24) is 9.80 Å². The van der Waals surface area contributed by atoms with Crippen LogP contribution in [0.2, 0.25) is 0 Å². The van der Waals surface area contributed by atoms with Gasteiger partial charge in [-0.3, -0.25) is 9.80 Å². The lowest BCUT2D eigenvalue weighted by Crippen LogP contribution is -2.38. The highest BCUT2D eigenvalue weighted by molar-refractivity contribution is 5.71. The standard InChI is InChI=1S/C29H30N2O4/c1-21(23-12-6-3-7-13-23)27-20-35-29(33)31(27)18-25-15-9-8-14-24(25)17-30-26(19-34-28(30)32)16-22-10-4-2-5-11-22/h2-15,21,26-27H,16-20H2,1H3/t21?,26-,27+/m0/s1. The molecule has 0 N–H and O–H groups in total. The minimum atomic E-state index is -0.296. The molecule has 35 heavy (non-hydrogen) atoms. The molecule has 2 amide bonds. The second-order valence-electron chi connectivity index (χ2n) is 9.29. The maximum absolute atomic E-state index is 12.7. The molecule has 2 aliphatic heterocycles. The molecule has 1 unspecified atom stereocenters. The Morgan fingerprint density at radius 3 is 1.97 bits per heavy atom. The summed E-state index contributed by atoms with van der Waals surface area (Å²) in [5.74, 6) is 0.138. The number of nitrogens with zero attached hydrogens (tertiary/aromatic N) is 2. The van der Waals surface area contributed by atoms with Crippen LogP contribution in [0.3, 0.4) is 0 Å². The highest BCUT2D eigenvalue weighted by Gasteiger charge is 2.38. The third kappa shape index (κ3) is 5.02. The average Bonchev–Trinajstić information content (AvgIpc) is 3.43. The van der Waals surface area contributed by atoms with Crippen LogP contribution in [0.5, 0.6) is 0 Å². The summed E-state index contributed by atoms with van der Waals surface area (Å²) in [5.41, 5.74) is 4.37. The van der Waals surface area contributed by atoms with Crippen molar-refractivity contribution in [3.05, 3.63) is 107 Å². The lowest BCUT2D eigenvalue weighted by atomic mass is 9.92. The van der Waals surface area contributed by atoms with Crippen molar-refractivity contribution >= 4 is 12.2 Å². The summed E-state index contributed by atoms with van der Waals surface area (Å²) in [6.45, 7) is 3.76. The van der Waals surface area contributed by atoms with E-state index in [1.165, 1.54) is 11.1 Å². The molecule has 3 atom stereocenters. The van der Waals surface area contributed by atoms with Crippen molar-refractivity contribution in [1.29, 1.82) is 0 Å². The Hall–Kier alpha value is -3.80. The molecule has 3 aromatic rings. The first kappa shape index (κ1) is 23.0. The number of cyclic esters (lactones) is 2. The van der Waals surface area contributed by atoms with Crippen LogP contribution in [-0.2, 0) is 29.0 Å². The highest BCUT2D eigenvalue weighted by Crippen LogP contribution is 2.30. The zero-order chi connectivity index (χ0) is 24.2. The normalized spacial score (nSPS) is 20.6. The lowest BCUT2D eigenvalue weighted by molar-refractivity contribution is 0.153. The average molecular weight is 471 g/mol. The van der Waals surface area contributed by atoms with Gasteiger partial charge in [-0.1, -0.05) is 91.9 Å². The molecule has 0 aromatic heterocycles. The number of carbonyl (C=O) groups excluding carboxylic acids is 2. The third-order valence-electron chi connectivity index (χ3n) is 7.10. The van der Waals surface area contributed by atoms with Crippen molar-refractivity contribution in [2.45, 2.75) is 44.4 Å². The molecule has 3 aromatic carbocycles. The van der Waals surface area contributed by atoms with Crippen LogP contribution in [0.25, 0.3) is 0 Å². The molecule has 6 heteroatoms. The summed E-state index contributed by atoms with van der Waals surface area (Å²) in [5, 5.41) is 0. The maximum Gasteiger partial charge on any atom is 0.410 e. The van der Waals surface area contributed by atoms with Gasteiger partial charge in [0.15, 0.2) is 0 Å². The molecular formula is C29H30N2O4. The zero-order valence-corrected chi connectivity index (χ0v) is 19.9. The molecule has 0 spiro atoms. The minimum absolute atomic E-state index is 0.0273. The number of amides is 2. The number of rotatable bonds is 8. The van der Waals surface area contributed by atoms with Crippen molar-refractivity contribution in [3.63, 3.8) is 0 Å². The second-order valence-corrected chi connectivity index (χ2v) is 9.29. The molecule has 2 aliphatic rings. The van der Waals surface area contributed by atoms with Gasteiger partial charge in [0.05, 0.1) is 12.1 Å². The predicted octanol–water partition coefficient (Wildman–Crippen LogP) is 5.37. The maximum atomic E-state index is 12.7. The Morgan fingerprint density at radius 2 is 1.29 bits per heavy atom. The number of hydrogen-bond donors (Lipinski definition) is 0. The van der Waals surface area contributed by atoms with E-state index < -0.39 is 0 Å². The molecule has 2 heterocycles. The summed E-state index contributed by atoms with van der Waals surface area (Å²) in [4.78, 5) is 28.9. The zero-order valence-electron chi connectivity index (χ0n) is 19.9. The summed E-state index contributed by atoms with van der Waals surface area (Å²) in [7, 11) is 0. The highest BCUT2D eigenvalue weighted by atomic mass is 16.6. The summed E-state index contributed by atoms with van der Waals surface area (Å²) < 4.78 is 10.9. The molecule has 2 saturated heterocycles. The van der Waals surface area contributed by atoms with E-state index in [0.29, 0.717) is 26.3 Å². The SMILES string of the molecule is CC(c1ccccc1)[C@H]1COC(=O)N1Cc1ccccc1CN1C(=O)OC[C@@H]1Cc1ccccc1. The van der Waals surface area contributed by atoms with E-state index >= 15 is 0 Å². The van der Waals surface area contributed by atoms with Crippen LogP contribution >= 0.6 is 0 Å². The van der Waals surface area contributed by atoms with Crippen molar-refractivity contribution < 1.29 is 19.1 Å². The van der Waals surface area contributed by atoms with E-state index in [1.807, 2.05) is 65.6 Å². The van der Waals surface area contributed by atoms with E-state index in [9.17, 15) is 9.59 Å². The van der Waals surface area contributed by atoms with Gasteiger partial charge in [-0.2, -0.15) is 0 Å². The van der Waals surface area contributed by atoms with E-state index in [0.717, 1.165) is 17.5 Å². The quantitative estimate of drug-likeness (QED) is 0.444. The van der Waals surface area contributed by atoms with Gasteiger partial charge in [0.1, 0.15) is 13.2 Å². The fourth-order valence-corrected chi connectivity index (χ4v) is 5.01. The Kier molecular flexibility index (Phi) is 6.70. The van der Waals surface area contributed by atoms with Gasteiger partial charge in [0, 0.05) is 19.0 Å². The van der Waals surface area contributed by atoms with Gasteiger partial charge in [-0.25, -0.2) is 9.59 Å². The monoisotopic (exact) mass is 470 g/mol. The Balaban J connectivity index is 1.34. The third-order valence-corrected chi connectivity index (χ3v) is 7.10. The first-order valence-electron chi connectivity index (χ1n) is 12.1. The summed E-state index contributed by atoms with van der Waals surface area (Å²) in [6, 6.07) is 28.3. The first-order valence-corrected chi connectivity index (χ1v) is 12.1. The van der Waals surface area contributed by atoms with Gasteiger partial charge in [-0.05, 0) is 28.7 Å². The molecule has 0 saturated carbocycles. The lowest BCUT2D eigenvalue weighted by Gasteiger charge is -2.28. The van der Waals surface area contributed by atoms with Crippen molar-refractivity contribution in [3.8, 4) is 0 Å². The van der Waals surface area contributed by atoms with E-state index in [1.54, 1.807) is 4.90 Å². The Labute approximate surface area is 206 Å². The minimum Gasteiger partial charge on any atom is -0.447 e. The van der Waals surface area contributed by atoms with Crippen LogP contribution in [0, 0.1) is 0 Å². The smallest absolute Gasteiger partial charge is 0.410 e. The van der Waals surface area contributed by atoms with E-state index in [4.69, 9.17) is 9.47 Å².